The van der Waals surface area contributed by atoms with Crippen molar-refractivity contribution in [2.24, 2.45) is 5.92 Å². The monoisotopic (exact) mass is 305 g/mol. The van der Waals surface area contributed by atoms with Crippen molar-refractivity contribution >= 4 is 5.97 Å². The lowest BCUT2D eigenvalue weighted by atomic mass is 9.86. The number of carbonyl (C=O) groups excluding carboxylic acids is 1. The molecule has 0 aromatic heterocycles. The summed E-state index contributed by atoms with van der Waals surface area (Å²) in [4.78, 5) is 14.8. The van der Waals surface area contributed by atoms with Crippen molar-refractivity contribution in [3.8, 4) is 11.8 Å². The summed E-state index contributed by atoms with van der Waals surface area (Å²) in [6.45, 7) is 8.05. The number of carbonyl (C=O) groups is 1. The first-order valence-electron chi connectivity index (χ1n) is 8.30. The lowest BCUT2D eigenvalue weighted by Gasteiger charge is -2.33. The van der Waals surface area contributed by atoms with E-state index in [0.29, 0.717) is 0 Å². The van der Waals surface area contributed by atoms with E-state index in [1.54, 1.807) is 6.92 Å². The third kappa shape index (κ3) is 3.91. The summed E-state index contributed by atoms with van der Waals surface area (Å²) in [6, 6.07) is 0. The summed E-state index contributed by atoms with van der Waals surface area (Å²) >= 11 is 0. The van der Waals surface area contributed by atoms with Gasteiger partial charge in [0.1, 0.15) is 6.10 Å². The van der Waals surface area contributed by atoms with Gasteiger partial charge in [0, 0.05) is 25.6 Å². The summed E-state index contributed by atoms with van der Waals surface area (Å²) in [5, 5.41) is 10.8. The van der Waals surface area contributed by atoms with Gasteiger partial charge in [0.2, 0.25) is 5.60 Å². The lowest BCUT2D eigenvalue weighted by Crippen LogP contribution is -2.48. The predicted molar refractivity (Wildman–Crippen MR) is 86.1 cm³/mol. The van der Waals surface area contributed by atoms with Crippen molar-refractivity contribution in [3.05, 3.63) is 12.7 Å². The third-order valence-corrected chi connectivity index (χ3v) is 4.77. The molecule has 1 aliphatic heterocycles. The van der Waals surface area contributed by atoms with E-state index >= 15 is 0 Å². The molecule has 2 aliphatic rings. The number of hydrogen-bond acceptors (Lipinski definition) is 4. The molecule has 0 amide bonds. The van der Waals surface area contributed by atoms with Gasteiger partial charge >= 0.3 is 5.97 Å². The highest BCUT2D eigenvalue weighted by molar-refractivity contribution is 5.84. The van der Waals surface area contributed by atoms with Crippen LogP contribution >= 0.6 is 0 Å². The normalized spacial score (nSPS) is 23.4. The summed E-state index contributed by atoms with van der Waals surface area (Å²) in [7, 11) is 0. The van der Waals surface area contributed by atoms with Crippen LogP contribution in [0.25, 0.3) is 0 Å². The van der Waals surface area contributed by atoms with E-state index in [4.69, 9.17) is 4.74 Å². The summed E-state index contributed by atoms with van der Waals surface area (Å²) < 4.78 is 5.60. The van der Waals surface area contributed by atoms with E-state index in [9.17, 15) is 9.90 Å². The second-order valence-electron chi connectivity index (χ2n) is 6.32. The largest absolute Gasteiger partial charge is 0.459 e. The van der Waals surface area contributed by atoms with Gasteiger partial charge in [-0.2, -0.15) is 0 Å². The molecule has 2 rings (SSSR count). The van der Waals surface area contributed by atoms with Gasteiger partial charge in [-0.15, -0.1) is 12.5 Å². The average Bonchev–Trinajstić information content (AvgIpc) is 3.04. The molecule has 4 nitrogen and oxygen atoms in total. The van der Waals surface area contributed by atoms with Gasteiger partial charge in [-0.3, -0.25) is 4.90 Å². The molecule has 4 heteroatoms. The molecule has 1 saturated heterocycles. The molecule has 0 bridgehead atoms. The highest BCUT2D eigenvalue weighted by Gasteiger charge is 2.46. The van der Waals surface area contributed by atoms with Gasteiger partial charge < -0.3 is 9.84 Å². The van der Waals surface area contributed by atoms with E-state index in [1.807, 2.05) is 6.08 Å². The second-order valence-corrected chi connectivity index (χ2v) is 6.32. The molecule has 122 valence electrons. The highest BCUT2D eigenvalue weighted by atomic mass is 16.6. The molecule has 22 heavy (non-hydrogen) atoms. The molecule has 0 spiro atoms. The summed E-state index contributed by atoms with van der Waals surface area (Å²) in [5.41, 5.74) is -1.62. The van der Waals surface area contributed by atoms with Crippen LogP contribution in [0, 0.1) is 17.8 Å². The number of esters is 1. The number of hydrogen-bond donors (Lipinski definition) is 1. The number of nitrogens with zero attached hydrogens (tertiary/aromatic N) is 1. The van der Waals surface area contributed by atoms with E-state index < -0.39 is 11.6 Å². The fraction of sp³-hybridized carbons (Fsp3) is 0.722. The first kappa shape index (κ1) is 17.1. The van der Waals surface area contributed by atoms with Gasteiger partial charge in [0.15, 0.2) is 0 Å². The van der Waals surface area contributed by atoms with Crippen LogP contribution in [0.4, 0.5) is 0 Å². The lowest BCUT2D eigenvalue weighted by molar-refractivity contribution is -0.171. The molecule has 1 saturated carbocycles. The smallest absolute Gasteiger partial charge is 0.351 e. The van der Waals surface area contributed by atoms with Crippen LogP contribution < -0.4 is 0 Å². The Kier molecular flexibility index (Phi) is 6.05. The Labute approximate surface area is 133 Å². The quantitative estimate of drug-likeness (QED) is 0.480. The number of ether oxygens (including phenoxy) is 1. The molecule has 0 aromatic carbocycles. The maximum atomic E-state index is 12.5. The van der Waals surface area contributed by atoms with E-state index in [1.165, 1.54) is 0 Å². The standard InChI is InChI=1S/C18H27NO3/c1-3-11-18(21,15-7-5-6-8-15)17(20)22-16-9-13-19(12-4-2)14-10-16/h4,15-16,21H,2,5-10,12-14H2,1H3/t18-/m0/s1. The van der Waals surface area contributed by atoms with Crippen molar-refractivity contribution in [3.63, 3.8) is 0 Å². The van der Waals surface area contributed by atoms with Crippen LogP contribution in [0.2, 0.25) is 0 Å². The van der Waals surface area contributed by atoms with Gasteiger partial charge in [-0.25, -0.2) is 4.79 Å². The van der Waals surface area contributed by atoms with Gasteiger partial charge in [0.05, 0.1) is 0 Å². The second kappa shape index (κ2) is 7.80. The zero-order valence-corrected chi connectivity index (χ0v) is 13.5. The highest BCUT2D eigenvalue weighted by Crippen LogP contribution is 2.35. The zero-order valence-electron chi connectivity index (χ0n) is 13.5. The Morgan fingerprint density at radius 2 is 2.00 bits per heavy atom. The molecular weight excluding hydrogens is 278 g/mol. The van der Waals surface area contributed by atoms with Crippen LogP contribution in [-0.4, -0.2) is 47.3 Å². The van der Waals surface area contributed by atoms with Crippen LogP contribution in [0.3, 0.4) is 0 Å². The van der Waals surface area contributed by atoms with E-state index in [2.05, 4.69) is 23.3 Å². The Balaban J connectivity index is 1.94. The Morgan fingerprint density at radius 3 is 2.55 bits per heavy atom. The molecule has 0 unspecified atom stereocenters. The maximum absolute atomic E-state index is 12.5. The van der Waals surface area contributed by atoms with Crippen molar-refractivity contribution in [1.82, 2.24) is 4.90 Å². The zero-order chi connectivity index (χ0) is 16.0. The number of rotatable bonds is 5. The summed E-state index contributed by atoms with van der Waals surface area (Å²) in [5.74, 6) is 4.80. The van der Waals surface area contributed by atoms with Crippen LogP contribution in [0.15, 0.2) is 12.7 Å². The topological polar surface area (TPSA) is 49.8 Å². The van der Waals surface area contributed by atoms with Crippen LogP contribution in [0.5, 0.6) is 0 Å². The van der Waals surface area contributed by atoms with E-state index in [0.717, 1.165) is 58.2 Å². The maximum Gasteiger partial charge on any atom is 0.351 e. The summed E-state index contributed by atoms with van der Waals surface area (Å²) in [6.07, 6.45) is 7.18. The van der Waals surface area contributed by atoms with Gasteiger partial charge in [0.25, 0.3) is 0 Å². The molecule has 1 heterocycles. The molecule has 0 radical (unpaired) electrons. The predicted octanol–water partition coefficient (Wildman–Crippen LogP) is 2.12. The minimum Gasteiger partial charge on any atom is -0.459 e. The minimum atomic E-state index is -1.62. The molecular formula is C18H27NO3. The minimum absolute atomic E-state index is 0.0895. The van der Waals surface area contributed by atoms with Crippen LogP contribution in [-0.2, 0) is 9.53 Å². The SMILES string of the molecule is C=CCN1CCC(OC(=O)[C@](O)(C#CC)C2CCCC2)CC1. The Bertz CT molecular complexity index is 451. The van der Waals surface area contributed by atoms with Crippen molar-refractivity contribution < 1.29 is 14.6 Å². The average molecular weight is 305 g/mol. The number of aliphatic hydroxyl groups is 1. The fourth-order valence-corrected chi connectivity index (χ4v) is 3.49. The Hall–Kier alpha value is -1.31. The first-order valence-corrected chi connectivity index (χ1v) is 8.30. The molecule has 1 aliphatic carbocycles. The molecule has 1 N–H and O–H groups in total. The van der Waals surface area contributed by atoms with Gasteiger partial charge in [-0.05, 0) is 32.6 Å². The van der Waals surface area contributed by atoms with Crippen LogP contribution in [0.1, 0.15) is 45.4 Å². The molecule has 2 fully saturated rings. The third-order valence-electron chi connectivity index (χ3n) is 4.77. The van der Waals surface area contributed by atoms with E-state index in [-0.39, 0.29) is 12.0 Å². The van der Waals surface area contributed by atoms with Crippen molar-refractivity contribution in [1.29, 1.82) is 0 Å². The van der Waals surface area contributed by atoms with Crippen molar-refractivity contribution in [2.75, 3.05) is 19.6 Å². The molecule has 1 atom stereocenters. The fourth-order valence-electron chi connectivity index (χ4n) is 3.49. The van der Waals surface area contributed by atoms with Gasteiger partial charge in [-0.1, -0.05) is 24.8 Å². The molecule has 0 aromatic rings. The Morgan fingerprint density at radius 1 is 1.36 bits per heavy atom. The van der Waals surface area contributed by atoms with Crippen molar-refractivity contribution in [2.45, 2.75) is 57.2 Å². The number of piperidine rings is 1. The first-order chi connectivity index (χ1) is 10.6. The number of likely N-dealkylation sites (tertiary alicyclic amines) is 1.